The van der Waals surface area contributed by atoms with Gasteiger partial charge in [-0.1, -0.05) is 0 Å². The minimum absolute atomic E-state index is 0.000233. The van der Waals surface area contributed by atoms with Gasteiger partial charge in [0, 0.05) is 25.4 Å². The lowest BCUT2D eigenvalue weighted by Gasteiger charge is -2.12. The van der Waals surface area contributed by atoms with Crippen LogP contribution >= 0.6 is 11.3 Å². The highest BCUT2D eigenvalue weighted by molar-refractivity contribution is 7.13. The van der Waals surface area contributed by atoms with Gasteiger partial charge in [-0.05, 0) is 19.1 Å². The van der Waals surface area contributed by atoms with Gasteiger partial charge in [0.15, 0.2) is 11.3 Å². The molecule has 0 saturated carbocycles. The van der Waals surface area contributed by atoms with E-state index in [0.717, 1.165) is 0 Å². The molecule has 0 radical (unpaired) electrons. The Morgan fingerprint density at radius 2 is 1.88 bits per heavy atom. The number of nitrogens with zero attached hydrogens (tertiary/aromatic N) is 1. The minimum Gasteiger partial charge on any atom is -0.456 e. The number of carbonyl (C=O) groups excluding carboxylic acids is 2. The molecule has 0 aliphatic heterocycles. The number of ether oxygens (including phenoxy) is 2. The number of carbonyl (C=O) groups is 2. The zero-order valence-electron chi connectivity index (χ0n) is 13.6. The first-order valence-electron chi connectivity index (χ1n) is 7.25. The molecule has 3 aromatic rings. The molecular formula is C17H13NO6S. The molecule has 0 amide bonds. The average molecular weight is 359 g/mol. The van der Waals surface area contributed by atoms with Crippen LogP contribution in [0.4, 0.5) is 0 Å². The summed E-state index contributed by atoms with van der Waals surface area (Å²) in [7, 11) is 0. The standard InChI is InChI=1S/C17H13NO6S/c1-8-13(17-18-6-7-25-17)14(21)11-4-5-12(23-9(2)19)16(15(11)22-8)24-10(3)20/h4-7H,1-3H3. The van der Waals surface area contributed by atoms with Gasteiger partial charge in [0.1, 0.15) is 10.8 Å². The normalized spacial score (nSPS) is 10.7. The Balaban J connectivity index is 2.33. The number of fused-ring (bicyclic) bond motifs is 1. The second-order valence-electron chi connectivity index (χ2n) is 5.16. The average Bonchev–Trinajstić information content (AvgIpc) is 3.03. The monoisotopic (exact) mass is 359 g/mol. The minimum atomic E-state index is -0.634. The summed E-state index contributed by atoms with van der Waals surface area (Å²) in [6, 6.07) is 2.85. The number of rotatable bonds is 3. The van der Waals surface area contributed by atoms with Crippen molar-refractivity contribution in [3.63, 3.8) is 0 Å². The number of aryl methyl sites for hydroxylation is 1. The Kier molecular flexibility index (Phi) is 4.37. The fourth-order valence-electron chi connectivity index (χ4n) is 2.39. The first-order chi connectivity index (χ1) is 11.9. The number of thiazole rings is 1. The Hall–Kier alpha value is -3.00. The molecule has 3 rings (SSSR count). The second-order valence-corrected chi connectivity index (χ2v) is 6.05. The van der Waals surface area contributed by atoms with Crippen molar-refractivity contribution in [2.45, 2.75) is 20.8 Å². The van der Waals surface area contributed by atoms with Gasteiger partial charge in [-0.3, -0.25) is 14.4 Å². The topological polar surface area (TPSA) is 95.7 Å². The molecule has 0 spiro atoms. The predicted molar refractivity (Wildman–Crippen MR) is 90.9 cm³/mol. The molecule has 1 aromatic carbocycles. The first-order valence-corrected chi connectivity index (χ1v) is 8.13. The lowest BCUT2D eigenvalue weighted by molar-refractivity contribution is -0.134. The third-order valence-electron chi connectivity index (χ3n) is 3.30. The number of hydrogen-bond acceptors (Lipinski definition) is 8. The Bertz CT molecular complexity index is 1040. The molecule has 128 valence electrons. The van der Waals surface area contributed by atoms with Gasteiger partial charge in [0.25, 0.3) is 0 Å². The molecule has 25 heavy (non-hydrogen) atoms. The second kappa shape index (κ2) is 6.48. The maximum Gasteiger partial charge on any atom is 0.308 e. The van der Waals surface area contributed by atoms with Crippen LogP contribution in [0.5, 0.6) is 11.5 Å². The largest absolute Gasteiger partial charge is 0.456 e. The molecule has 0 aliphatic carbocycles. The van der Waals surface area contributed by atoms with Gasteiger partial charge in [0.2, 0.25) is 11.2 Å². The first kappa shape index (κ1) is 16.8. The summed E-state index contributed by atoms with van der Waals surface area (Å²) in [5.74, 6) is -1.01. The van der Waals surface area contributed by atoms with Gasteiger partial charge in [-0.15, -0.1) is 11.3 Å². The van der Waals surface area contributed by atoms with E-state index in [2.05, 4.69) is 4.98 Å². The number of esters is 2. The van der Waals surface area contributed by atoms with E-state index < -0.39 is 11.9 Å². The van der Waals surface area contributed by atoms with Crippen LogP contribution in [-0.4, -0.2) is 16.9 Å². The van der Waals surface area contributed by atoms with Crippen LogP contribution in [0.2, 0.25) is 0 Å². The molecule has 0 fully saturated rings. The Morgan fingerprint density at radius 1 is 1.16 bits per heavy atom. The van der Waals surface area contributed by atoms with E-state index in [0.29, 0.717) is 16.3 Å². The van der Waals surface area contributed by atoms with Crippen LogP contribution < -0.4 is 14.9 Å². The third-order valence-corrected chi connectivity index (χ3v) is 4.09. The van der Waals surface area contributed by atoms with Gasteiger partial charge in [-0.25, -0.2) is 4.98 Å². The van der Waals surface area contributed by atoms with Crippen molar-refractivity contribution in [1.29, 1.82) is 0 Å². The summed E-state index contributed by atoms with van der Waals surface area (Å²) in [6.07, 6.45) is 1.59. The van der Waals surface area contributed by atoms with Gasteiger partial charge >= 0.3 is 11.9 Å². The molecule has 2 heterocycles. The molecule has 0 bridgehead atoms. The van der Waals surface area contributed by atoms with Crippen molar-refractivity contribution in [2.75, 3.05) is 0 Å². The summed E-state index contributed by atoms with van der Waals surface area (Å²) in [6.45, 7) is 4.04. The fraction of sp³-hybridized carbons (Fsp3) is 0.176. The predicted octanol–water partition coefficient (Wildman–Crippen LogP) is 3.08. The van der Waals surface area contributed by atoms with Crippen LogP contribution in [0.3, 0.4) is 0 Å². The number of benzene rings is 1. The summed E-state index contributed by atoms with van der Waals surface area (Å²) < 4.78 is 15.9. The SMILES string of the molecule is CC(=O)Oc1ccc2c(=O)c(-c3nccs3)c(C)oc2c1OC(C)=O. The van der Waals surface area contributed by atoms with Gasteiger partial charge in [-0.2, -0.15) is 0 Å². The van der Waals surface area contributed by atoms with Crippen molar-refractivity contribution in [1.82, 2.24) is 4.98 Å². The van der Waals surface area contributed by atoms with Crippen molar-refractivity contribution < 1.29 is 23.5 Å². The smallest absolute Gasteiger partial charge is 0.308 e. The summed E-state index contributed by atoms with van der Waals surface area (Å²) in [4.78, 5) is 39.7. The van der Waals surface area contributed by atoms with E-state index in [1.54, 1.807) is 18.5 Å². The van der Waals surface area contributed by atoms with Crippen LogP contribution in [0.25, 0.3) is 21.5 Å². The molecular weight excluding hydrogens is 346 g/mol. The highest BCUT2D eigenvalue weighted by Crippen LogP contribution is 2.37. The lowest BCUT2D eigenvalue weighted by atomic mass is 10.1. The van der Waals surface area contributed by atoms with E-state index in [1.807, 2.05) is 0 Å². The maximum absolute atomic E-state index is 12.9. The highest BCUT2D eigenvalue weighted by Gasteiger charge is 2.22. The zero-order valence-corrected chi connectivity index (χ0v) is 14.4. The van der Waals surface area contributed by atoms with Crippen LogP contribution in [0.15, 0.2) is 32.9 Å². The molecule has 0 saturated heterocycles. The quantitative estimate of drug-likeness (QED) is 0.524. The van der Waals surface area contributed by atoms with Crippen molar-refractivity contribution in [3.8, 4) is 22.1 Å². The van der Waals surface area contributed by atoms with Crippen molar-refractivity contribution in [3.05, 3.63) is 39.7 Å². The summed E-state index contributed by atoms with van der Waals surface area (Å²) in [5, 5.41) is 2.49. The van der Waals surface area contributed by atoms with Crippen molar-refractivity contribution in [2.24, 2.45) is 0 Å². The summed E-state index contributed by atoms with van der Waals surface area (Å²) >= 11 is 1.31. The molecule has 0 unspecified atom stereocenters. The summed E-state index contributed by atoms with van der Waals surface area (Å²) in [5.41, 5.74) is 0.0738. The molecule has 0 aliphatic rings. The third kappa shape index (κ3) is 3.16. The van der Waals surface area contributed by atoms with E-state index in [9.17, 15) is 14.4 Å². The molecule has 8 heteroatoms. The van der Waals surface area contributed by atoms with Crippen LogP contribution in [0, 0.1) is 6.92 Å². The molecule has 2 aromatic heterocycles. The zero-order chi connectivity index (χ0) is 18.1. The van der Waals surface area contributed by atoms with Crippen LogP contribution in [-0.2, 0) is 9.59 Å². The fourth-order valence-corrected chi connectivity index (χ4v) is 3.12. The van der Waals surface area contributed by atoms with E-state index >= 15 is 0 Å². The highest BCUT2D eigenvalue weighted by atomic mass is 32.1. The number of hydrogen-bond donors (Lipinski definition) is 0. The molecule has 0 N–H and O–H groups in total. The van der Waals surface area contributed by atoms with E-state index in [1.165, 1.54) is 37.3 Å². The molecule has 0 atom stereocenters. The van der Waals surface area contributed by atoms with E-state index in [4.69, 9.17) is 13.9 Å². The molecule has 7 nitrogen and oxygen atoms in total. The van der Waals surface area contributed by atoms with Gasteiger partial charge < -0.3 is 13.9 Å². The van der Waals surface area contributed by atoms with Crippen molar-refractivity contribution >= 4 is 34.2 Å². The lowest BCUT2D eigenvalue weighted by Crippen LogP contribution is -2.11. The van der Waals surface area contributed by atoms with Crippen LogP contribution in [0.1, 0.15) is 19.6 Å². The number of aromatic nitrogens is 1. The van der Waals surface area contributed by atoms with Gasteiger partial charge in [0.05, 0.1) is 10.9 Å². The Labute approximate surface area is 145 Å². The Morgan fingerprint density at radius 3 is 2.48 bits per heavy atom. The maximum atomic E-state index is 12.9. The van der Waals surface area contributed by atoms with E-state index in [-0.39, 0.29) is 27.9 Å².